The van der Waals surface area contributed by atoms with Gasteiger partial charge < -0.3 is 19.7 Å². The third-order valence-electron chi connectivity index (χ3n) is 4.02. The topological polar surface area (TPSA) is 80.6 Å². The third-order valence-corrected chi connectivity index (χ3v) is 4.02. The lowest BCUT2D eigenvalue weighted by Gasteiger charge is -2.12. The molecule has 1 aliphatic heterocycles. The van der Waals surface area contributed by atoms with Crippen molar-refractivity contribution < 1.29 is 19.4 Å². The molecule has 1 fully saturated rings. The van der Waals surface area contributed by atoms with Gasteiger partial charge in [-0.05, 0) is 37.6 Å². The van der Waals surface area contributed by atoms with Crippen molar-refractivity contribution in [2.75, 3.05) is 6.54 Å². The Bertz CT molecular complexity index is 748. The smallest absolute Gasteiger partial charge is 0.407 e. The number of fused-ring (bicyclic) bond motifs is 1. The molecule has 2 N–H and O–H groups in total. The summed E-state index contributed by atoms with van der Waals surface area (Å²) in [6, 6.07) is 5.09. The maximum atomic E-state index is 11.1. The van der Waals surface area contributed by atoms with Crippen LogP contribution < -0.4 is 5.32 Å². The molecule has 3 rings (SSSR count). The largest absolute Gasteiger partial charge is 0.478 e. The minimum absolute atomic E-state index is 0.203. The van der Waals surface area contributed by atoms with Crippen LogP contribution in [0.15, 0.2) is 18.2 Å². The molecule has 1 amide bonds. The molecule has 0 aliphatic carbocycles. The first-order valence-corrected chi connectivity index (χ1v) is 6.74. The number of aryl methyl sites for hydroxylation is 1. The summed E-state index contributed by atoms with van der Waals surface area (Å²) >= 11 is 0. The van der Waals surface area contributed by atoms with Crippen molar-refractivity contribution in [1.29, 1.82) is 0 Å². The lowest BCUT2D eigenvalue weighted by atomic mass is 10.1. The van der Waals surface area contributed by atoms with E-state index < -0.39 is 5.97 Å². The van der Waals surface area contributed by atoms with E-state index in [9.17, 15) is 9.59 Å². The molecular formula is C15H16N2O4. The Kier molecular flexibility index (Phi) is 3.08. The number of ether oxygens (including phenoxy) is 1. The number of carboxylic acids is 1. The van der Waals surface area contributed by atoms with E-state index >= 15 is 0 Å². The van der Waals surface area contributed by atoms with Gasteiger partial charge in [-0.25, -0.2) is 9.59 Å². The zero-order valence-corrected chi connectivity index (χ0v) is 11.8. The number of cyclic esters (lactones) is 1. The first-order valence-electron chi connectivity index (χ1n) is 6.74. The maximum Gasteiger partial charge on any atom is 0.407 e. The summed E-state index contributed by atoms with van der Waals surface area (Å²) in [7, 11) is 0. The van der Waals surface area contributed by atoms with Gasteiger partial charge in [-0.3, -0.25) is 0 Å². The average molecular weight is 288 g/mol. The second-order valence-electron chi connectivity index (χ2n) is 5.27. The highest BCUT2D eigenvalue weighted by molar-refractivity contribution is 5.95. The number of amides is 1. The van der Waals surface area contributed by atoms with Crippen LogP contribution in [0.2, 0.25) is 0 Å². The lowest BCUT2D eigenvalue weighted by molar-refractivity contribution is 0.0697. The average Bonchev–Trinajstić information content (AvgIpc) is 2.96. The van der Waals surface area contributed by atoms with Crippen LogP contribution in [0.3, 0.4) is 0 Å². The van der Waals surface area contributed by atoms with Gasteiger partial charge in [-0.1, -0.05) is 0 Å². The van der Waals surface area contributed by atoms with Gasteiger partial charge in [0.15, 0.2) is 0 Å². The molecule has 6 nitrogen and oxygen atoms in total. The van der Waals surface area contributed by atoms with Gasteiger partial charge >= 0.3 is 12.1 Å². The third kappa shape index (κ3) is 2.22. The standard InChI is InChI=1S/C15H16N2O4/c1-8-9(2)17(7-11-6-16-15(20)21-11)13-4-3-10(14(18)19)5-12(8)13/h3-5,11H,6-7H2,1-2H3,(H,16,20)(H,18,19). The van der Waals surface area contributed by atoms with Crippen LogP contribution in [0, 0.1) is 13.8 Å². The molecule has 1 aliphatic rings. The molecule has 21 heavy (non-hydrogen) atoms. The van der Waals surface area contributed by atoms with Crippen LogP contribution in [0.1, 0.15) is 21.6 Å². The van der Waals surface area contributed by atoms with Gasteiger partial charge in [0.2, 0.25) is 0 Å². The Hall–Kier alpha value is -2.50. The number of hydrogen-bond donors (Lipinski definition) is 2. The Morgan fingerprint density at radius 1 is 1.48 bits per heavy atom. The van der Waals surface area contributed by atoms with E-state index in [1.807, 2.05) is 19.9 Å². The number of carbonyl (C=O) groups is 2. The van der Waals surface area contributed by atoms with E-state index in [0.717, 1.165) is 22.2 Å². The number of rotatable bonds is 3. The van der Waals surface area contributed by atoms with Crippen molar-refractivity contribution in [1.82, 2.24) is 9.88 Å². The Labute approximate surface area is 121 Å². The molecule has 1 atom stereocenters. The Morgan fingerprint density at radius 3 is 2.86 bits per heavy atom. The number of alkyl carbamates (subject to hydrolysis) is 1. The van der Waals surface area contributed by atoms with E-state index in [-0.39, 0.29) is 17.8 Å². The fourth-order valence-electron chi connectivity index (χ4n) is 2.76. The van der Waals surface area contributed by atoms with Crippen LogP contribution in [0.5, 0.6) is 0 Å². The highest BCUT2D eigenvalue weighted by Gasteiger charge is 2.24. The highest BCUT2D eigenvalue weighted by Crippen LogP contribution is 2.27. The molecule has 0 bridgehead atoms. The quantitative estimate of drug-likeness (QED) is 0.906. The van der Waals surface area contributed by atoms with E-state index in [1.54, 1.807) is 12.1 Å². The molecule has 2 aromatic rings. The predicted octanol–water partition coefficient (Wildman–Crippen LogP) is 2.06. The number of aromatic nitrogens is 1. The molecule has 0 spiro atoms. The Morgan fingerprint density at radius 2 is 2.24 bits per heavy atom. The van der Waals surface area contributed by atoms with Crippen LogP contribution in [-0.4, -0.2) is 34.4 Å². The van der Waals surface area contributed by atoms with Crippen LogP contribution in [0.4, 0.5) is 4.79 Å². The zero-order valence-electron chi connectivity index (χ0n) is 11.8. The number of hydrogen-bond acceptors (Lipinski definition) is 3. The first kappa shape index (κ1) is 13.5. The molecule has 0 radical (unpaired) electrons. The zero-order chi connectivity index (χ0) is 15.1. The number of carboxylic acid groups (broad SMARTS) is 1. The number of aromatic carboxylic acids is 1. The minimum atomic E-state index is -0.935. The van der Waals surface area contributed by atoms with Crippen molar-refractivity contribution in [3.63, 3.8) is 0 Å². The Balaban J connectivity index is 2.04. The van der Waals surface area contributed by atoms with Crippen molar-refractivity contribution in [3.05, 3.63) is 35.0 Å². The minimum Gasteiger partial charge on any atom is -0.478 e. The molecule has 1 aromatic heterocycles. The fraction of sp³-hybridized carbons (Fsp3) is 0.333. The highest BCUT2D eigenvalue weighted by atomic mass is 16.6. The van der Waals surface area contributed by atoms with Gasteiger partial charge in [0.25, 0.3) is 0 Å². The fourth-order valence-corrected chi connectivity index (χ4v) is 2.76. The van der Waals surface area contributed by atoms with Crippen molar-refractivity contribution in [3.8, 4) is 0 Å². The van der Waals surface area contributed by atoms with Gasteiger partial charge in [0.1, 0.15) is 6.10 Å². The van der Waals surface area contributed by atoms with Gasteiger partial charge in [-0.15, -0.1) is 0 Å². The van der Waals surface area contributed by atoms with Crippen molar-refractivity contribution >= 4 is 23.0 Å². The monoisotopic (exact) mass is 288 g/mol. The van der Waals surface area contributed by atoms with Crippen LogP contribution >= 0.6 is 0 Å². The molecular weight excluding hydrogens is 272 g/mol. The number of nitrogens with one attached hydrogen (secondary N) is 1. The summed E-state index contributed by atoms with van der Waals surface area (Å²) in [5.74, 6) is -0.935. The van der Waals surface area contributed by atoms with Crippen molar-refractivity contribution in [2.24, 2.45) is 0 Å². The maximum absolute atomic E-state index is 11.1. The molecule has 1 aromatic carbocycles. The summed E-state index contributed by atoms with van der Waals surface area (Å²) in [6.45, 7) is 5.00. The molecule has 2 heterocycles. The van der Waals surface area contributed by atoms with Crippen LogP contribution in [-0.2, 0) is 11.3 Å². The van der Waals surface area contributed by atoms with Crippen molar-refractivity contribution in [2.45, 2.75) is 26.5 Å². The second kappa shape index (κ2) is 4.80. The normalized spacial score (nSPS) is 17.8. The van der Waals surface area contributed by atoms with Gasteiger partial charge in [0, 0.05) is 16.6 Å². The van der Waals surface area contributed by atoms with Gasteiger partial charge in [-0.2, -0.15) is 0 Å². The van der Waals surface area contributed by atoms with E-state index in [0.29, 0.717) is 13.1 Å². The summed E-state index contributed by atoms with van der Waals surface area (Å²) in [6.07, 6.45) is -0.593. The molecule has 1 unspecified atom stereocenters. The second-order valence-corrected chi connectivity index (χ2v) is 5.27. The number of benzene rings is 1. The molecule has 6 heteroatoms. The van der Waals surface area contributed by atoms with E-state index in [4.69, 9.17) is 9.84 Å². The summed E-state index contributed by atoms with van der Waals surface area (Å²) in [5, 5.41) is 12.7. The SMILES string of the molecule is Cc1c(C)n(CC2CNC(=O)O2)c2ccc(C(=O)O)cc12. The van der Waals surface area contributed by atoms with Crippen LogP contribution in [0.25, 0.3) is 10.9 Å². The number of nitrogens with zero attached hydrogens (tertiary/aromatic N) is 1. The van der Waals surface area contributed by atoms with E-state index in [1.165, 1.54) is 0 Å². The van der Waals surface area contributed by atoms with Gasteiger partial charge in [0.05, 0.1) is 18.7 Å². The number of carbonyl (C=O) groups excluding carboxylic acids is 1. The summed E-state index contributed by atoms with van der Waals surface area (Å²) < 4.78 is 7.25. The summed E-state index contributed by atoms with van der Waals surface area (Å²) in [5.41, 5.74) is 3.33. The molecule has 110 valence electrons. The molecule has 1 saturated heterocycles. The first-order chi connectivity index (χ1) is 9.97. The van der Waals surface area contributed by atoms with E-state index in [2.05, 4.69) is 9.88 Å². The molecule has 0 saturated carbocycles. The predicted molar refractivity (Wildman–Crippen MR) is 76.6 cm³/mol. The summed E-state index contributed by atoms with van der Waals surface area (Å²) in [4.78, 5) is 22.2. The lowest BCUT2D eigenvalue weighted by Crippen LogP contribution is -2.21.